The molecule has 2 heterocycles. The lowest BCUT2D eigenvalue weighted by Gasteiger charge is -2.25. The number of ether oxygens (including phenoxy) is 2. The monoisotopic (exact) mass is 417 g/mol. The molecule has 1 saturated heterocycles. The molecule has 0 aromatic heterocycles. The van der Waals surface area contributed by atoms with E-state index >= 15 is 0 Å². The Morgan fingerprint density at radius 2 is 1.83 bits per heavy atom. The molecular formula is C20H17F2N3O5. The summed E-state index contributed by atoms with van der Waals surface area (Å²) in [6.07, 6.45) is 0. The quantitative estimate of drug-likeness (QED) is 0.743. The zero-order valence-electron chi connectivity index (χ0n) is 15.8. The Morgan fingerprint density at radius 3 is 2.57 bits per heavy atom. The average Bonchev–Trinajstić information content (AvgIpc) is 2.94. The summed E-state index contributed by atoms with van der Waals surface area (Å²) in [6, 6.07) is 6.97. The van der Waals surface area contributed by atoms with Crippen molar-refractivity contribution in [1.82, 2.24) is 10.2 Å². The number of fused-ring (bicyclic) bond motifs is 1. The molecule has 10 heteroatoms. The molecule has 30 heavy (non-hydrogen) atoms. The van der Waals surface area contributed by atoms with Gasteiger partial charge in [-0.1, -0.05) is 6.07 Å². The number of amides is 4. The lowest BCUT2D eigenvalue weighted by molar-refractivity contribution is -0.133. The fraction of sp³-hybridized carbons (Fsp3) is 0.250. The van der Waals surface area contributed by atoms with Gasteiger partial charge >= 0.3 is 6.03 Å². The van der Waals surface area contributed by atoms with Gasteiger partial charge in [0.25, 0.3) is 5.91 Å². The molecular weight excluding hydrogens is 400 g/mol. The molecule has 0 spiro atoms. The van der Waals surface area contributed by atoms with Gasteiger partial charge in [0.05, 0.1) is 0 Å². The maximum atomic E-state index is 13.3. The minimum Gasteiger partial charge on any atom is -0.486 e. The van der Waals surface area contributed by atoms with E-state index in [0.717, 1.165) is 17.0 Å². The van der Waals surface area contributed by atoms with E-state index in [1.807, 2.05) is 0 Å². The number of nitrogens with one attached hydrogen (secondary N) is 2. The molecule has 4 amide bonds. The lowest BCUT2D eigenvalue weighted by Crippen LogP contribution is -2.42. The molecule has 156 valence electrons. The van der Waals surface area contributed by atoms with Gasteiger partial charge in [-0.2, -0.15) is 0 Å². The molecule has 0 aliphatic carbocycles. The minimum atomic E-state index is -1.41. The van der Waals surface area contributed by atoms with E-state index in [1.54, 1.807) is 18.2 Å². The summed E-state index contributed by atoms with van der Waals surface area (Å²) in [7, 11) is 0. The summed E-state index contributed by atoms with van der Waals surface area (Å²) < 4.78 is 37.3. The molecule has 2 aromatic carbocycles. The molecule has 2 N–H and O–H groups in total. The topological polar surface area (TPSA) is 97.0 Å². The number of carbonyl (C=O) groups is 3. The highest BCUT2D eigenvalue weighted by Gasteiger charge is 2.49. The first kappa shape index (κ1) is 19.6. The van der Waals surface area contributed by atoms with Crippen molar-refractivity contribution in [2.45, 2.75) is 12.5 Å². The predicted molar refractivity (Wildman–Crippen MR) is 100 cm³/mol. The smallest absolute Gasteiger partial charge is 0.325 e. The normalized spacial score (nSPS) is 20.2. The van der Waals surface area contributed by atoms with Crippen LogP contribution in [0.4, 0.5) is 19.3 Å². The van der Waals surface area contributed by atoms with E-state index < -0.39 is 41.6 Å². The zero-order chi connectivity index (χ0) is 21.5. The maximum absolute atomic E-state index is 13.3. The molecule has 8 nitrogen and oxygen atoms in total. The van der Waals surface area contributed by atoms with Crippen LogP contribution >= 0.6 is 0 Å². The summed E-state index contributed by atoms with van der Waals surface area (Å²) in [5.41, 5.74) is -0.941. The Bertz CT molecular complexity index is 1060. The zero-order valence-corrected chi connectivity index (χ0v) is 15.8. The second kappa shape index (κ2) is 7.29. The first-order chi connectivity index (χ1) is 14.3. The van der Waals surface area contributed by atoms with Gasteiger partial charge in [-0.15, -0.1) is 0 Å². The van der Waals surface area contributed by atoms with E-state index in [4.69, 9.17) is 9.47 Å². The van der Waals surface area contributed by atoms with E-state index in [0.29, 0.717) is 30.3 Å². The Kier molecular flexibility index (Phi) is 4.76. The lowest BCUT2D eigenvalue weighted by atomic mass is 9.91. The van der Waals surface area contributed by atoms with Crippen LogP contribution in [0.5, 0.6) is 11.5 Å². The standard InChI is InChI=1S/C20H17F2N3O5/c1-20(11-2-5-15-16(8-11)30-7-6-29-15)18(27)25(19(28)24-20)10-17(26)23-12-3-4-13(21)14(22)9-12/h2-5,8-9H,6-7,10H2,1H3,(H,23,26)(H,24,28)/t20-/m0/s1. The van der Waals surface area contributed by atoms with Crippen LogP contribution in [0.1, 0.15) is 12.5 Å². The summed E-state index contributed by atoms with van der Waals surface area (Å²) in [4.78, 5) is 38.4. The highest BCUT2D eigenvalue weighted by molar-refractivity contribution is 6.10. The largest absolute Gasteiger partial charge is 0.486 e. The molecule has 2 aliphatic rings. The number of benzene rings is 2. The molecule has 0 radical (unpaired) electrons. The van der Waals surface area contributed by atoms with Crippen molar-refractivity contribution >= 4 is 23.5 Å². The maximum Gasteiger partial charge on any atom is 0.325 e. The van der Waals surface area contributed by atoms with Crippen molar-refractivity contribution in [3.8, 4) is 11.5 Å². The highest BCUT2D eigenvalue weighted by atomic mass is 19.2. The van der Waals surface area contributed by atoms with Gasteiger partial charge in [0.15, 0.2) is 23.1 Å². The number of hydrogen-bond donors (Lipinski definition) is 2. The highest BCUT2D eigenvalue weighted by Crippen LogP contribution is 2.36. The SMILES string of the molecule is C[C@@]1(c2ccc3c(c2)OCCO3)NC(=O)N(CC(=O)Nc2ccc(F)c(F)c2)C1=O. The third-order valence-electron chi connectivity index (χ3n) is 4.90. The average molecular weight is 417 g/mol. The minimum absolute atomic E-state index is 0.000511. The van der Waals surface area contributed by atoms with Crippen LogP contribution < -0.4 is 20.1 Å². The molecule has 1 atom stereocenters. The van der Waals surface area contributed by atoms with Crippen LogP contribution in [0.3, 0.4) is 0 Å². The Hall–Kier alpha value is -3.69. The molecule has 2 aromatic rings. The first-order valence-corrected chi connectivity index (χ1v) is 9.07. The third kappa shape index (κ3) is 3.40. The number of imide groups is 1. The number of nitrogens with zero attached hydrogens (tertiary/aromatic N) is 1. The van der Waals surface area contributed by atoms with Crippen LogP contribution in [0.15, 0.2) is 36.4 Å². The van der Waals surface area contributed by atoms with Crippen LogP contribution in [0.2, 0.25) is 0 Å². The van der Waals surface area contributed by atoms with E-state index in [1.165, 1.54) is 13.0 Å². The number of halogens is 2. The van der Waals surface area contributed by atoms with Crippen LogP contribution in [0, 0.1) is 11.6 Å². The van der Waals surface area contributed by atoms with Gasteiger partial charge < -0.3 is 20.1 Å². The predicted octanol–water partition coefficient (Wildman–Crippen LogP) is 2.14. The first-order valence-electron chi connectivity index (χ1n) is 9.07. The van der Waals surface area contributed by atoms with Gasteiger partial charge in [0.2, 0.25) is 5.91 Å². The molecule has 0 saturated carbocycles. The Labute approximate surface area is 169 Å². The number of urea groups is 1. The Balaban J connectivity index is 1.50. The summed E-state index contributed by atoms with van der Waals surface area (Å²) in [5.74, 6) is -2.57. The second-order valence-corrected chi connectivity index (χ2v) is 6.98. The summed E-state index contributed by atoms with van der Waals surface area (Å²) in [5, 5.41) is 4.92. The van der Waals surface area contributed by atoms with Crippen LogP contribution in [-0.4, -0.2) is 42.5 Å². The second-order valence-electron chi connectivity index (χ2n) is 6.98. The van der Waals surface area contributed by atoms with E-state index in [-0.39, 0.29) is 5.69 Å². The fourth-order valence-corrected chi connectivity index (χ4v) is 3.31. The van der Waals surface area contributed by atoms with Gasteiger partial charge in [-0.3, -0.25) is 14.5 Å². The number of hydrogen-bond acceptors (Lipinski definition) is 5. The van der Waals surface area contributed by atoms with Crippen LogP contribution in [0.25, 0.3) is 0 Å². The summed E-state index contributed by atoms with van der Waals surface area (Å²) >= 11 is 0. The number of carbonyl (C=O) groups excluding carboxylic acids is 3. The van der Waals surface area contributed by atoms with Crippen molar-refractivity contribution in [1.29, 1.82) is 0 Å². The molecule has 0 unspecified atom stereocenters. The van der Waals surface area contributed by atoms with Crippen molar-refractivity contribution in [3.63, 3.8) is 0 Å². The van der Waals surface area contributed by atoms with Gasteiger partial charge in [0, 0.05) is 11.8 Å². The van der Waals surface area contributed by atoms with Gasteiger partial charge in [0.1, 0.15) is 25.3 Å². The number of rotatable bonds is 4. The molecule has 1 fully saturated rings. The molecule has 2 aliphatic heterocycles. The third-order valence-corrected chi connectivity index (χ3v) is 4.90. The fourth-order valence-electron chi connectivity index (χ4n) is 3.31. The van der Waals surface area contributed by atoms with E-state index in [9.17, 15) is 23.2 Å². The number of anilines is 1. The Morgan fingerprint density at radius 1 is 1.10 bits per heavy atom. The van der Waals surface area contributed by atoms with Gasteiger partial charge in [-0.25, -0.2) is 13.6 Å². The molecule has 0 bridgehead atoms. The van der Waals surface area contributed by atoms with Gasteiger partial charge in [-0.05, 0) is 36.8 Å². The van der Waals surface area contributed by atoms with Crippen molar-refractivity contribution in [3.05, 3.63) is 53.6 Å². The van der Waals surface area contributed by atoms with Crippen molar-refractivity contribution in [2.24, 2.45) is 0 Å². The summed E-state index contributed by atoms with van der Waals surface area (Å²) in [6.45, 7) is 1.71. The molecule has 4 rings (SSSR count). The van der Waals surface area contributed by atoms with Crippen LogP contribution in [-0.2, 0) is 15.1 Å². The van der Waals surface area contributed by atoms with E-state index in [2.05, 4.69) is 10.6 Å². The van der Waals surface area contributed by atoms with Crippen molar-refractivity contribution in [2.75, 3.05) is 25.1 Å². The van der Waals surface area contributed by atoms with Crippen molar-refractivity contribution < 1.29 is 32.6 Å².